The van der Waals surface area contributed by atoms with E-state index in [0.717, 1.165) is 19.3 Å². The van der Waals surface area contributed by atoms with Crippen LogP contribution in [0.25, 0.3) is 0 Å². The number of nitrogens with one attached hydrogen (secondary N) is 1. The number of alkyl halides is 3. The van der Waals surface area contributed by atoms with Crippen LogP contribution in [0.4, 0.5) is 18.9 Å². The maximum Gasteiger partial charge on any atom is 0.417 e. The summed E-state index contributed by atoms with van der Waals surface area (Å²) in [7, 11) is 0. The molecule has 1 nitrogen and oxygen atoms in total. The number of anilines is 1. The molecule has 2 atom stereocenters. The molecule has 2 unspecified atom stereocenters. The van der Waals surface area contributed by atoms with Crippen LogP contribution in [-0.2, 0) is 6.18 Å². The summed E-state index contributed by atoms with van der Waals surface area (Å²) in [6.07, 6.45) is -1.02. The summed E-state index contributed by atoms with van der Waals surface area (Å²) in [6, 6.07) is 4.59. The van der Waals surface area contributed by atoms with Gasteiger partial charge in [0, 0.05) is 16.2 Å². The minimum Gasteiger partial charge on any atom is -0.382 e. The molecule has 1 aliphatic rings. The Hall–Kier alpha value is -0.710. The van der Waals surface area contributed by atoms with E-state index in [9.17, 15) is 13.2 Å². The van der Waals surface area contributed by atoms with E-state index in [4.69, 9.17) is 0 Å². The van der Waals surface area contributed by atoms with Gasteiger partial charge in [-0.3, -0.25) is 0 Å². The van der Waals surface area contributed by atoms with Crippen LogP contribution < -0.4 is 5.32 Å². The van der Waals surface area contributed by atoms with Crippen molar-refractivity contribution in [1.29, 1.82) is 0 Å². The van der Waals surface area contributed by atoms with Crippen molar-refractivity contribution in [2.75, 3.05) is 5.32 Å². The van der Waals surface area contributed by atoms with Gasteiger partial charge >= 0.3 is 6.18 Å². The van der Waals surface area contributed by atoms with Gasteiger partial charge in [-0.25, -0.2) is 0 Å². The highest BCUT2D eigenvalue weighted by Crippen LogP contribution is 2.37. The summed E-state index contributed by atoms with van der Waals surface area (Å²) in [6.45, 7) is 2.13. The van der Waals surface area contributed by atoms with Gasteiger partial charge in [-0.05, 0) is 37.0 Å². The number of hydrogen-bond acceptors (Lipinski definition) is 1. The summed E-state index contributed by atoms with van der Waals surface area (Å²) < 4.78 is 38.4. The Morgan fingerprint density at radius 2 is 2.00 bits per heavy atom. The minimum atomic E-state index is -4.32. The number of hydrogen-bond donors (Lipinski definition) is 1. The molecule has 100 valence electrons. The number of benzene rings is 1. The Kier molecular flexibility index (Phi) is 3.90. The van der Waals surface area contributed by atoms with Gasteiger partial charge in [-0.1, -0.05) is 29.3 Å². The minimum absolute atomic E-state index is 0.0834. The molecule has 1 N–H and O–H groups in total. The SMILES string of the molecule is CC1CCCC1Nc1ccc(Br)c(C(F)(F)F)c1. The molecule has 0 aromatic heterocycles. The Labute approximate surface area is 113 Å². The van der Waals surface area contributed by atoms with Gasteiger partial charge in [0.1, 0.15) is 0 Å². The van der Waals surface area contributed by atoms with Crippen molar-refractivity contribution >= 4 is 21.6 Å². The molecular weight excluding hydrogens is 307 g/mol. The second-order valence-corrected chi connectivity index (χ2v) is 5.71. The topological polar surface area (TPSA) is 12.0 Å². The first-order chi connectivity index (χ1) is 8.38. The average molecular weight is 322 g/mol. The lowest BCUT2D eigenvalue weighted by Gasteiger charge is -2.20. The first-order valence-electron chi connectivity index (χ1n) is 6.01. The lowest BCUT2D eigenvalue weighted by molar-refractivity contribution is -0.138. The van der Waals surface area contributed by atoms with E-state index >= 15 is 0 Å². The lowest BCUT2D eigenvalue weighted by Crippen LogP contribution is -2.22. The van der Waals surface area contributed by atoms with Crippen LogP contribution in [0.5, 0.6) is 0 Å². The quantitative estimate of drug-likeness (QED) is 0.802. The van der Waals surface area contributed by atoms with Crippen molar-refractivity contribution in [3.05, 3.63) is 28.2 Å². The molecule has 18 heavy (non-hydrogen) atoms. The van der Waals surface area contributed by atoms with E-state index in [1.54, 1.807) is 6.07 Å². The van der Waals surface area contributed by atoms with Crippen LogP contribution in [-0.4, -0.2) is 6.04 Å². The van der Waals surface area contributed by atoms with Crippen molar-refractivity contribution in [3.8, 4) is 0 Å². The standard InChI is InChI=1S/C13H15BrF3N/c1-8-3-2-4-12(8)18-9-5-6-11(14)10(7-9)13(15,16)17/h5-8,12,18H,2-4H2,1H3. The highest BCUT2D eigenvalue weighted by atomic mass is 79.9. The molecule has 0 radical (unpaired) electrons. The third-order valence-electron chi connectivity index (χ3n) is 3.49. The molecule has 1 fully saturated rings. The zero-order valence-corrected chi connectivity index (χ0v) is 11.6. The van der Waals surface area contributed by atoms with Gasteiger partial charge in [0.2, 0.25) is 0 Å². The first-order valence-corrected chi connectivity index (χ1v) is 6.80. The smallest absolute Gasteiger partial charge is 0.382 e. The Balaban J connectivity index is 2.19. The molecule has 1 aromatic rings. The van der Waals surface area contributed by atoms with Crippen molar-refractivity contribution < 1.29 is 13.2 Å². The van der Waals surface area contributed by atoms with Gasteiger partial charge in [-0.2, -0.15) is 13.2 Å². The number of halogens is 4. The summed E-state index contributed by atoms with van der Waals surface area (Å²) in [5, 5.41) is 3.21. The molecule has 5 heteroatoms. The molecule has 0 amide bonds. The van der Waals surface area contributed by atoms with Gasteiger partial charge < -0.3 is 5.32 Å². The Bertz CT molecular complexity index is 431. The molecule has 1 aromatic carbocycles. The van der Waals surface area contributed by atoms with E-state index in [0.29, 0.717) is 11.6 Å². The predicted molar refractivity (Wildman–Crippen MR) is 69.6 cm³/mol. The Morgan fingerprint density at radius 1 is 1.28 bits per heavy atom. The first kappa shape index (κ1) is 13.7. The highest BCUT2D eigenvalue weighted by molar-refractivity contribution is 9.10. The summed E-state index contributed by atoms with van der Waals surface area (Å²) in [5.41, 5.74) is -0.0811. The maximum atomic E-state index is 12.8. The van der Waals surface area contributed by atoms with Crippen LogP contribution in [0.15, 0.2) is 22.7 Å². The molecule has 0 spiro atoms. The van der Waals surface area contributed by atoms with E-state index in [2.05, 4.69) is 28.2 Å². The van der Waals surface area contributed by atoms with Crippen LogP contribution in [0, 0.1) is 5.92 Å². The van der Waals surface area contributed by atoms with Crippen molar-refractivity contribution in [1.82, 2.24) is 0 Å². The normalized spacial score (nSPS) is 24.3. The third-order valence-corrected chi connectivity index (χ3v) is 4.18. The van der Waals surface area contributed by atoms with E-state index in [-0.39, 0.29) is 10.5 Å². The van der Waals surface area contributed by atoms with E-state index in [1.807, 2.05) is 0 Å². The van der Waals surface area contributed by atoms with Crippen LogP contribution >= 0.6 is 15.9 Å². The summed E-state index contributed by atoms with van der Waals surface area (Å²) in [5.74, 6) is 0.517. The largest absolute Gasteiger partial charge is 0.417 e. The van der Waals surface area contributed by atoms with Gasteiger partial charge in [0.25, 0.3) is 0 Å². The molecular formula is C13H15BrF3N. The zero-order valence-electron chi connectivity index (χ0n) is 10.0. The molecule has 1 saturated carbocycles. The monoisotopic (exact) mass is 321 g/mol. The van der Waals surface area contributed by atoms with Gasteiger partial charge in [0.05, 0.1) is 5.56 Å². The van der Waals surface area contributed by atoms with Crippen LogP contribution in [0.2, 0.25) is 0 Å². The highest BCUT2D eigenvalue weighted by Gasteiger charge is 2.33. The average Bonchev–Trinajstić information content (AvgIpc) is 2.66. The third kappa shape index (κ3) is 2.99. The molecule has 0 bridgehead atoms. The van der Waals surface area contributed by atoms with Crippen LogP contribution in [0.3, 0.4) is 0 Å². The van der Waals surface area contributed by atoms with E-state index < -0.39 is 11.7 Å². The number of rotatable bonds is 2. The molecule has 0 aliphatic heterocycles. The fraction of sp³-hybridized carbons (Fsp3) is 0.538. The van der Waals surface area contributed by atoms with Crippen LogP contribution in [0.1, 0.15) is 31.7 Å². The Morgan fingerprint density at radius 3 is 2.56 bits per heavy atom. The van der Waals surface area contributed by atoms with Gasteiger partial charge in [-0.15, -0.1) is 0 Å². The fourth-order valence-electron chi connectivity index (χ4n) is 2.41. The fourth-order valence-corrected chi connectivity index (χ4v) is 2.88. The summed E-state index contributed by atoms with van der Waals surface area (Å²) in [4.78, 5) is 0. The van der Waals surface area contributed by atoms with Crippen molar-refractivity contribution in [3.63, 3.8) is 0 Å². The predicted octanol–water partition coefficient (Wildman–Crippen LogP) is 5.07. The van der Waals surface area contributed by atoms with Crippen molar-refractivity contribution in [2.45, 2.75) is 38.4 Å². The van der Waals surface area contributed by atoms with Crippen molar-refractivity contribution in [2.24, 2.45) is 5.92 Å². The second kappa shape index (κ2) is 5.11. The zero-order chi connectivity index (χ0) is 13.3. The van der Waals surface area contributed by atoms with Gasteiger partial charge in [0.15, 0.2) is 0 Å². The maximum absolute atomic E-state index is 12.8. The molecule has 0 heterocycles. The lowest BCUT2D eigenvalue weighted by atomic mass is 10.1. The molecule has 0 saturated heterocycles. The second-order valence-electron chi connectivity index (χ2n) is 4.85. The molecule has 2 rings (SSSR count). The van der Waals surface area contributed by atoms with E-state index in [1.165, 1.54) is 12.1 Å². The molecule has 1 aliphatic carbocycles. The summed E-state index contributed by atoms with van der Waals surface area (Å²) >= 11 is 2.94.